The number of nitrogens with zero attached hydrogens (tertiary/aromatic N) is 1. The molecular weight excluding hydrogens is 352 g/mol. The number of carbonyl (C=O) groups is 1. The zero-order valence-corrected chi connectivity index (χ0v) is 14.7. The highest BCUT2D eigenvalue weighted by molar-refractivity contribution is 9.10. The van der Waals surface area contributed by atoms with Crippen LogP contribution in [0.5, 0.6) is 0 Å². The maximum atomic E-state index is 12.5. The first-order valence-corrected chi connectivity index (χ1v) is 8.61. The van der Waals surface area contributed by atoms with Gasteiger partial charge in [0.2, 0.25) is 5.91 Å². The van der Waals surface area contributed by atoms with Gasteiger partial charge in [-0.05, 0) is 48.9 Å². The number of piperidine rings is 1. The molecule has 116 valence electrons. The second-order valence-corrected chi connectivity index (χ2v) is 7.13. The fourth-order valence-corrected chi connectivity index (χ4v) is 3.56. The van der Waals surface area contributed by atoms with Gasteiger partial charge in [0.25, 0.3) is 0 Å². The lowest BCUT2D eigenvalue weighted by Gasteiger charge is -2.38. The van der Waals surface area contributed by atoms with Gasteiger partial charge in [-0.15, -0.1) is 0 Å². The molecule has 21 heavy (non-hydrogen) atoms. The number of amides is 1. The molecule has 1 aliphatic rings. The first-order valence-electron chi connectivity index (χ1n) is 7.44. The molecule has 2 atom stereocenters. The average molecular weight is 374 g/mol. The number of benzene rings is 1. The highest BCUT2D eigenvalue weighted by Crippen LogP contribution is 2.25. The number of hydrogen-bond acceptors (Lipinski definition) is 2. The van der Waals surface area contributed by atoms with E-state index in [4.69, 9.17) is 17.3 Å². The largest absolute Gasteiger partial charge is 0.338 e. The van der Waals surface area contributed by atoms with E-state index in [0.29, 0.717) is 30.3 Å². The third-order valence-corrected chi connectivity index (χ3v) is 5.20. The average Bonchev–Trinajstić information content (AvgIpc) is 2.47. The first kappa shape index (κ1) is 16.8. The molecule has 3 nitrogen and oxygen atoms in total. The van der Waals surface area contributed by atoms with E-state index >= 15 is 0 Å². The molecule has 1 amide bonds. The molecule has 0 bridgehead atoms. The van der Waals surface area contributed by atoms with Crippen LogP contribution in [0.15, 0.2) is 22.7 Å². The molecule has 0 aromatic heterocycles. The topological polar surface area (TPSA) is 46.3 Å². The van der Waals surface area contributed by atoms with Crippen LogP contribution in [-0.4, -0.2) is 29.9 Å². The Morgan fingerprint density at radius 1 is 1.52 bits per heavy atom. The van der Waals surface area contributed by atoms with Crippen molar-refractivity contribution in [2.45, 2.75) is 38.6 Å². The standard InChI is InChI=1S/C16H22BrClN2O/c1-11-6-7-20(14(8-11)10-19)16(21)5-2-12-9-13(18)3-4-15(12)17/h3-4,9,11,14H,2,5-8,10,19H2,1H3. The Hall–Kier alpha value is -0.580. The van der Waals surface area contributed by atoms with Crippen LogP contribution in [0, 0.1) is 5.92 Å². The molecule has 1 saturated heterocycles. The van der Waals surface area contributed by atoms with Crippen LogP contribution in [0.3, 0.4) is 0 Å². The van der Waals surface area contributed by atoms with Crippen molar-refractivity contribution in [2.24, 2.45) is 11.7 Å². The maximum absolute atomic E-state index is 12.5. The Morgan fingerprint density at radius 3 is 3.00 bits per heavy atom. The summed E-state index contributed by atoms with van der Waals surface area (Å²) >= 11 is 9.52. The van der Waals surface area contributed by atoms with Gasteiger partial charge in [0, 0.05) is 35.0 Å². The number of nitrogens with two attached hydrogens (primary N) is 1. The van der Waals surface area contributed by atoms with Gasteiger partial charge >= 0.3 is 0 Å². The molecular formula is C16H22BrClN2O. The Balaban J connectivity index is 1.96. The molecule has 0 radical (unpaired) electrons. The van der Waals surface area contributed by atoms with Gasteiger partial charge in [0.05, 0.1) is 0 Å². The van der Waals surface area contributed by atoms with Crippen LogP contribution in [0.4, 0.5) is 0 Å². The smallest absolute Gasteiger partial charge is 0.223 e. The lowest BCUT2D eigenvalue weighted by Crippen LogP contribution is -2.49. The van der Waals surface area contributed by atoms with Crippen LogP contribution in [-0.2, 0) is 11.2 Å². The van der Waals surface area contributed by atoms with Gasteiger partial charge in [0.1, 0.15) is 0 Å². The van der Waals surface area contributed by atoms with E-state index < -0.39 is 0 Å². The Labute approximate surface area is 140 Å². The summed E-state index contributed by atoms with van der Waals surface area (Å²) in [5.74, 6) is 0.855. The van der Waals surface area contributed by atoms with E-state index in [1.54, 1.807) is 0 Å². The monoisotopic (exact) mass is 372 g/mol. The van der Waals surface area contributed by atoms with Gasteiger partial charge < -0.3 is 10.6 Å². The molecule has 2 N–H and O–H groups in total. The van der Waals surface area contributed by atoms with Crippen molar-refractivity contribution in [3.05, 3.63) is 33.3 Å². The van der Waals surface area contributed by atoms with Crippen molar-refractivity contribution >= 4 is 33.4 Å². The molecule has 1 heterocycles. The molecule has 0 aliphatic carbocycles. The quantitative estimate of drug-likeness (QED) is 0.876. The zero-order valence-electron chi connectivity index (χ0n) is 12.3. The second-order valence-electron chi connectivity index (χ2n) is 5.84. The number of hydrogen-bond donors (Lipinski definition) is 1. The number of likely N-dealkylation sites (tertiary alicyclic amines) is 1. The molecule has 2 rings (SSSR count). The first-order chi connectivity index (χ1) is 10.0. The van der Waals surface area contributed by atoms with Gasteiger partial charge in [-0.1, -0.05) is 34.5 Å². The van der Waals surface area contributed by atoms with E-state index in [1.807, 2.05) is 23.1 Å². The van der Waals surface area contributed by atoms with Crippen molar-refractivity contribution in [1.82, 2.24) is 4.90 Å². The van der Waals surface area contributed by atoms with Crippen LogP contribution in [0.25, 0.3) is 0 Å². The van der Waals surface area contributed by atoms with E-state index in [0.717, 1.165) is 29.4 Å². The van der Waals surface area contributed by atoms with Crippen molar-refractivity contribution in [2.75, 3.05) is 13.1 Å². The normalized spacial score (nSPS) is 22.4. The van der Waals surface area contributed by atoms with Gasteiger partial charge in [-0.2, -0.15) is 0 Å². The Bertz CT molecular complexity index is 509. The summed E-state index contributed by atoms with van der Waals surface area (Å²) in [6.07, 6.45) is 3.29. The van der Waals surface area contributed by atoms with E-state index in [2.05, 4.69) is 22.9 Å². The van der Waals surface area contributed by atoms with E-state index in [1.165, 1.54) is 0 Å². The molecule has 2 unspecified atom stereocenters. The molecule has 0 saturated carbocycles. The molecule has 5 heteroatoms. The number of halogens is 2. The van der Waals surface area contributed by atoms with Crippen molar-refractivity contribution in [3.8, 4) is 0 Å². The minimum atomic E-state index is 0.198. The predicted octanol–water partition coefficient (Wildman–Crippen LogP) is 3.62. The molecule has 1 aromatic rings. The maximum Gasteiger partial charge on any atom is 0.223 e. The summed E-state index contributed by atoms with van der Waals surface area (Å²) in [5, 5.41) is 0.701. The van der Waals surface area contributed by atoms with E-state index in [9.17, 15) is 4.79 Å². The van der Waals surface area contributed by atoms with Gasteiger partial charge in [0.15, 0.2) is 0 Å². The Morgan fingerprint density at radius 2 is 2.29 bits per heavy atom. The summed E-state index contributed by atoms with van der Waals surface area (Å²) in [7, 11) is 0. The van der Waals surface area contributed by atoms with Crippen molar-refractivity contribution < 1.29 is 4.79 Å². The van der Waals surface area contributed by atoms with Crippen LogP contribution in [0.1, 0.15) is 31.7 Å². The van der Waals surface area contributed by atoms with Gasteiger partial charge in [-0.25, -0.2) is 0 Å². The summed E-state index contributed by atoms with van der Waals surface area (Å²) in [5.41, 5.74) is 6.90. The molecule has 0 spiro atoms. The Kier molecular flexibility index (Phi) is 6.08. The lowest BCUT2D eigenvalue weighted by atomic mass is 9.92. The minimum absolute atomic E-state index is 0.198. The summed E-state index contributed by atoms with van der Waals surface area (Å²) < 4.78 is 1.00. The fourth-order valence-electron chi connectivity index (χ4n) is 2.92. The van der Waals surface area contributed by atoms with Gasteiger partial charge in [-0.3, -0.25) is 4.79 Å². The van der Waals surface area contributed by atoms with Crippen LogP contribution in [0.2, 0.25) is 5.02 Å². The second kappa shape index (κ2) is 7.61. The van der Waals surface area contributed by atoms with E-state index in [-0.39, 0.29) is 11.9 Å². The highest BCUT2D eigenvalue weighted by Gasteiger charge is 2.28. The van der Waals surface area contributed by atoms with Crippen molar-refractivity contribution in [3.63, 3.8) is 0 Å². The SMILES string of the molecule is CC1CCN(C(=O)CCc2cc(Cl)ccc2Br)C(CN)C1. The van der Waals surface area contributed by atoms with Crippen LogP contribution >= 0.6 is 27.5 Å². The highest BCUT2D eigenvalue weighted by atomic mass is 79.9. The van der Waals surface area contributed by atoms with Crippen molar-refractivity contribution in [1.29, 1.82) is 0 Å². The number of aryl methyl sites for hydroxylation is 1. The zero-order chi connectivity index (χ0) is 15.4. The molecule has 1 aromatic carbocycles. The molecule has 1 fully saturated rings. The molecule has 1 aliphatic heterocycles. The minimum Gasteiger partial charge on any atom is -0.338 e. The lowest BCUT2D eigenvalue weighted by molar-refractivity contribution is -0.135. The fraction of sp³-hybridized carbons (Fsp3) is 0.562. The summed E-state index contributed by atoms with van der Waals surface area (Å²) in [6, 6.07) is 5.88. The summed E-state index contributed by atoms with van der Waals surface area (Å²) in [6.45, 7) is 3.61. The third kappa shape index (κ3) is 4.44. The number of carbonyl (C=O) groups excluding carboxylic acids is 1. The van der Waals surface area contributed by atoms with Crippen LogP contribution < -0.4 is 5.73 Å². The predicted molar refractivity (Wildman–Crippen MR) is 90.4 cm³/mol. The third-order valence-electron chi connectivity index (χ3n) is 4.19. The summed E-state index contributed by atoms with van der Waals surface area (Å²) in [4.78, 5) is 14.4. The number of rotatable bonds is 4.